The van der Waals surface area contributed by atoms with Gasteiger partial charge in [0, 0.05) is 12.1 Å². The smallest absolute Gasteiger partial charge is 0.141 e. The molecule has 0 saturated heterocycles. The Morgan fingerprint density at radius 3 is 2.74 bits per heavy atom. The zero-order chi connectivity index (χ0) is 14.0. The van der Waals surface area contributed by atoms with Crippen LogP contribution in [-0.2, 0) is 6.54 Å². The first-order valence-electron chi connectivity index (χ1n) is 5.97. The molecule has 0 spiro atoms. The highest BCUT2D eigenvalue weighted by atomic mass is 35.5. The van der Waals surface area contributed by atoms with Crippen LogP contribution in [0.2, 0.25) is 5.02 Å². The van der Waals surface area contributed by atoms with Crippen LogP contribution in [0.1, 0.15) is 26.5 Å². The molecule has 2 aromatic rings. The Bertz CT molecular complexity index is 574. The summed E-state index contributed by atoms with van der Waals surface area (Å²) in [6.07, 6.45) is 1.79. The van der Waals surface area contributed by atoms with Crippen molar-refractivity contribution in [3.63, 3.8) is 0 Å². The van der Waals surface area contributed by atoms with E-state index in [2.05, 4.69) is 36.4 Å². The van der Waals surface area contributed by atoms with Gasteiger partial charge in [-0.2, -0.15) is 0 Å². The van der Waals surface area contributed by atoms with Crippen LogP contribution in [0.25, 0.3) is 5.69 Å². The number of benzene rings is 1. The highest BCUT2D eigenvalue weighted by molar-refractivity contribution is 6.30. The maximum absolute atomic E-state index is 13.1. The molecular weight excluding hydrogens is 267 g/mol. The first-order chi connectivity index (χ1) is 8.85. The highest BCUT2D eigenvalue weighted by Gasteiger charge is 2.11. The predicted octanol–water partition coefficient (Wildman–Crippen LogP) is 2.95. The van der Waals surface area contributed by atoms with Gasteiger partial charge in [-0.05, 0) is 39.0 Å². The van der Waals surface area contributed by atoms with Gasteiger partial charge in [-0.15, -0.1) is 5.10 Å². The van der Waals surface area contributed by atoms with Gasteiger partial charge in [-0.25, -0.2) is 9.07 Å². The van der Waals surface area contributed by atoms with Gasteiger partial charge in [0.05, 0.1) is 22.6 Å². The number of halogens is 2. The summed E-state index contributed by atoms with van der Waals surface area (Å²) in [5, 5.41) is 11.5. The minimum absolute atomic E-state index is 0.0168. The molecule has 2 rings (SSSR count). The van der Waals surface area contributed by atoms with E-state index in [1.54, 1.807) is 16.9 Å². The molecule has 1 heterocycles. The van der Waals surface area contributed by atoms with Gasteiger partial charge in [0.25, 0.3) is 0 Å². The van der Waals surface area contributed by atoms with Crippen LogP contribution in [0.4, 0.5) is 4.39 Å². The number of rotatable bonds is 3. The van der Waals surface area contributed by atoms with Crippen LogP contribution >= 0.6 is 11.6 Å². The third kappa shape index (κ3) is 3.75. The van der Waals surface area contributed by atoms with E-state index in [4.69, 9.17) is 11.6 Å². The molecule has 0 aliphatic carbocycles. The van der Waals surface area contributed by atoms with Crippen molar-refractivity contribution < 1.29 is 4.39 Å². The summed E-state index contributed by atoms with van der Waals surface area (Å²) in [6, 6.07) is 4.44. The monoisotopic (exact) mass is 282 g/mol. The molecule has 0 aliphatic rings. The van der Waals surface area contributed by atoms with E-state index < -0.39 is 5.82 Å². The average Bonchev–Trinajstić information content (AvgIpc) is 2.78. The van der Waals surface area contributed by atoms with Crippen LogP contribution in [0.15, 0.2) is 24.4 Å². The van der Waals surface area contributed by atoms with Gasteiger partial charge in [-0.3, -0.25) is 0 Å². The number of hydrogen-bond acceptors (Lipinski definition) is 3. The molecule has 0 unspecified atom stereocenters. The van der Waals surface area contributed by atoms with E-state index in [0.29, 0.717) is 12.2 Å². The van der Waals surface area contributed by atoms with Crippen molar-refractivity contribution in [1.29, 1.82) is 0 Å². The van der Waals surface area contributed by atoms with E-state index in [9.17, 15) is 4.39 Å². The van der Waals surface area contributed by atoms with Crippen molar-refractivity contribution >= 4 is 11.6 Å². The topological polar surface area (TPSA) is 42.7 Å². The van der Waals surface area contributed by atoms with Crippen LogP contribution in [-0.4, -0.2) is 20.5 Å². The summed E-state index contributed by atoms with van der Waals surface area (Å²) in [7, 11) is 0. The Kier molecular flexibility index (Phi) is 3.87. The van der Waals surface area contributed by atoms with Gasteiger partial charge in [-0.1, -0.05) is 16.8 Å². The lowest BCUT2D eigenvalue weighted by atomic mass is 10.1. The zero-order valence-corrected chi connectivity index (χ0v) is 11.9. The summed E-state index contributed by atoms with van der Waals surface area (Å²) in [5.74, 6) is -0.444. The van der Waals surface area contributed by atoms with Crippen molar-refractivity contribution in [3.05, 3.63) is 40.9 Å². The first-order valence-corrected chi connectivity index (χ1v) is 6.35. The molecule has 19 heavy (non-hydrogen) atoms. The van der Waals surface area contributed by atoms with Gasteiger partial charge in [0.2, 0.25) is 0 Å². The van der Waals surface area contributed by atoms with Crippen molar-refractivity contribution in [2.24, 2.45) is 0 Å². The van der Waals surface area contributed by atoms with E-state index in [1.807, 2.05) is 0 Å². The molecule has 1 N–H and O–H groups in total. The molecule has 4 nitrogen and oxygen atoms in total. The van der Waals surface area contributed by atoms with E-state index >= 15 is 0 Å². The quantitative estimate of drug-likeness (QED) is 0.941. The summed E-state index contributed by atoms with van der Waals surface area (Å²) in [6.45, 7) is 6.87. The van der Waals surface area contributed by atoms with Crippen LogP contribution in [0, 0.1) is 5.82 Å². The zero-order valence-electron chi connectivity index (χ0n) is 11.1. The normalized spacial score (nSPS) is 11.8. The van der Waals surface area contributed by atoms with Crippen molar-refractivity contribution in [2.45, 2.75) is 32.9 Å². The SMILES string of the molecule is CC(C)(C)NCc1cn(-c2ccc(F)c(Cl)c2)nn1. The van der Waals surface area contributed by atoms with Crippen molar-refractivity contribution in [2.75, 3.05) is 0 Å². The van der Waals surface area contributed by atoms with Crippen molar-refractivity contribution in [1.82, 2.24) is 20.3 Å². The second-order valence-corrected chi connectivity index (χ2v) is 5.76. The summed E-state index contributed by atoms with van der Waals surface area (Å²) < 4.78 is 14.7. The van der Waals surface area contributed by atoms with Gasteiger partial charge < -0.3 is 5.32 Å². The lowest BCUT2D eigenvalue weighted by Crippen LogP contribution is -2.35. The Labute approximate surface area is 116 Å². The Morgan fingerprint density at radius 1 is 1.37 bits per heavy atom. The molecule has 0 atom stereocenters. The third-order valence-corrected chi connectivity index (χ3v) is 2.80. The number of hydrogen-bond donors (Lipinski definition) is 1. The number of aromatic nitrogens is 3. The fourth-order valence-corrected chi connectivity index (χ4v) is 1.66. The summed E-state index contributed by atoms with van der Waals surface area (Å²) in [5.41, 5.74) is 1.51. The molecule has 0 amide bonds. The minimum Gasteiger partial charge on any atom is -0.306 e. The molecule has 6 heteroatoms. The maximum Gasteiger partial charge on any atom is 0.141 e. The molecule has 1 aromatic heterocycles. The molecule has 0 aliphatic heterocycles. The molecule has 0 fully saturated rings. The minimum atomic E-state index is -0.444. The molecule has 102 valence electrons. The molecule has 0 radical (unpaired) electrons. The predicted molar refractivity (Wildman–Crippen MR) is 72.9 cm³/mol. The second-order valence-electron chi connectivity index (χ2n) is 5.36. The molecular formula is C13H16ClFN4. The first kappa shape index (κ1) is 14.0. The number of nitrogens with zero attached hydrogens (tertiary/aromatic N) is 3. The largest absolute Gasteiger partial charge is 0.306 e. The van der Waals surface area contributed by atoms with Gasteiger partial charge in [0.15, 0.2) is 0 Å². The fraction of sp³-hybridized carbons (Fsp3) is 0.385. The van der Waals surface area contributed by atoms with E-state index in [0.717, 1.165) is 5.69 Å². The molecule has 1 aromatic carbocycles. The number of nitrogens with one attached hydrogen (secondary N) is 1. The Morgan fingerprint density at radius 2 is 2.11 bits per heavy atom. The van der Waals surface area contributed by atoms with E-state index in [-0.39, 0.29) is 10.6 Å². The van der Waals surface area contributed by atoms with Crippen molar-refractivity contribution in [3.8, 4) is 5.69 Å². The lowest BCUT2D eigenvalue weighted by molar-refractivity contribution is 0.421. The third-order valence-electron chi connectivity index (χ3n) is 2.51. The standard InChI is InChI=1S/C13H16ClFN4/c1-13(2,3)16-7-9-8-19(18-17-9)10-4-5-12(15)11(14)6-10/h4-6,8,16H,7H2,1-3H3. The van der Waals surface area contributed by atoms with Gasteiger partial charge in [0.1, 0.15) is 5.82 Å². The van der Waals surface area contributed by atoms with Crippen LogP contribution < -0.4 is 5.32 Å². The molecule has 0 bridgehead atoms. The molecule has 0 saturated carbocycles. The maximum atomic E-state index is 13.1. The summed E-state index contributed by atoms with van der Waals surface area (Å²) >= 11 is 5.74. The van der Waals surface area contributed by atoms with Crippen LogP contribution in [0.3, 0.4) is 0 Å². The van der Waals surface area contributed by atoms with Gasteiger partial charge >= 0.3 is 0 Å². The lowest BCUT2D eigenvalue weighted by Gasteiger charge is -2.19. The Balaban J connectivity index is 2.14. The highest BCUT2D eigenvalue weighted by Crippen LogP contribution is 2.18. The van der Waals surface area contributed by atoms with Crippen LogP contribution in [0.5, 0.6) is 0 Å². The average molecular weight is 283 g/mol. The summed E-state index contributed by atoms with van der Waals surface area (Å²) in [4.78, 5) is 0. The fourth-order valence-electron chi connectivity index (χ4n) is 1.49. The second kappa shape index (κ2) is 5.27. The van der Waals surface area contributed by atoms with E-state index in [1.165, 1.54) is 12.1 Å². The Hall–Kier alpha value is -1.46.